The molecule has 6 heteroatoms. The molecule has 1 aromatic carbocycles. The van der Waals surface area contributed by atoms with Crippen molar-refractivity contribution in [1.82, 2.24) is 15.0 Å². The fourth-order valence-corrected chi connectivity index (χ4v) is 2.77. The summed E-state index contributed by atoms with van der Waals surface area (Å²) >= 11 is 11.9. The van der Waals surface area contributed by atoms with Crippen LogP contribution >= 0.6 is 23.2 Å². The van der Waals surface area contributed by atoms with Gasteiger partial charge in [-0.1, -0.05) is 34.5 Å². The summed E-state index contributed by atoms with van der Waals surface area (Å²) in [7, 11) is 0. The highest BCUT2D eigenvalue weighted by atomic mass is 35.5. The van der Waals surface area contributed by atoms with Crippen LogP contribution in [0.15, 0.2) is 18.2 Å². The smallest absolute Gasteiger partial charge is 0.126 e. The Hall–Kier alpha value is -1.10. The average molecular weight is 284 g/mol. The SMILES string of the molecule is OC(c1ccc(Cl)cc1Cl)c1nnn2c1CCC2. The van der Waals surface area contributed by atoms with Gasteiger partial charge in [-0.05, 0) is 25.0 Å². The van der Waals surface area contributed by atoms with Crippen molar-refractivity contribution in [3.05, 3.63) is 45.2 Å². The number of halogens is 2. The molecule has 1 unspecified atom stereocenters. The zero-order valence-electron chi connectivity index (χ0n) is 9.48. The van der Waals surface area contributed by atoms with Crippen LogP contribution in [0.3, 0.4) is 0 Å². The van der Waals surface area contributed by atoms with Crippen LogP contribution in [0.1, 0.15) is 29.5 Å². The maximum atomic E-state index is 10.4. The highest BCUT2D eigenvalue weighted by Crippen LogP contribution is 2.32. The van der Waals surface area contributed by atoms with E-state index in [1.165, 1.54) is 0 Å². The predicted octanol–water partition coefficient (Wildman–Crippen LogP) is 2.61. The van der Waals surface area contributed by atoms with Gasteiger partial charge < -0.3 is 5.11 Å². The predicted molar refractivity (Wildman–Crippen MR) is 68.9 cm³/mol. The third kappa shape index (κ3) is 1.90. The summed E-state index contributed by atoms with van der Waals surface area (Å²) in [6, 6.07) is 5.04. The molecular formula is C12H11Cl2N3O. The van der Waals surface area contributed by atoms with Gasteiger partial charge in [-0.3, -0.25) is 0 Å². The van der Waals surface area contributed by atoms with Gasteiger partial charge in [-0.25, -0.2) is 4.68 Å². The standard InChI is InChI=1S/C12H11Cl2N3O/c13-7-3-4-8(9(14)6-7)12(18)11-10-2-1-5-17(10)16-15-11/h3-4,6,12,18H,1-2,5H2. The minimum Gasteiger partial charge on any atom is -0.382 e. The molecule has 94 valence electrons. The first-order chi connectivity index (χ1) is 8.66. The lowest BCUT2D eigenvalue weighted by Gasteiger charge is -2.11. The van der Waals surface area contributed by atoms with Crippen LogP contribution in [0.4, 0.5) is 0 Å². The Kier molecular flexibility index (Phi) is 3.01. The fourth-order valence-electron chi connectivity index (χ4n) is 2.26. The third-order valence-corrected chi connectivity index (χ3v) is 3.73. The first-order valence-corrected chi connectivity index (χ1v) is 6.47. The van der Waals surface area contributed by atoms with Crippen LogP contribution in [0.25, 0.3) is 0 Å². The molecular weight excluding hydrogens is 273 g/mol. The zero-order valence-corrected chi connectivity index (χ0v) is 11.0. The van der Waals surface area contributed by atoms with E-state index in [9.17, 15) is 5.11 Å². The summed E-state index contributed by atoms with van der Waals surface area (Å²) in [5.74, 6) is 0. The van der Waals surface area contributed by atoms with Crippen molar-refractivity contribution in [2.75, 3.05) is 0 Å². The van der Waals surface area contributed by atoms with E-state index in [1.54, 1.807) is 18.2 Å². The molecule has 0 radical (unpaired) electrons. The quantitative estimate of drug-likeness (QED) is 0.922. The highest BCUT2D eigenvalue weighted by Gasteiger charge is 2.25. The van der Waals surface area contributed by atoms with Crippen LogP contribution in [0.5, 0.6) is 0 Å². The summed E-state index contributed by atoms with van der Waals surface area (Å²) < 4.78 is 1.84. The van der Waals surface area contributed by atoms with Gasteiger partial charge in [-0.2, -0.15) is 0 Å². The van der Waals surface area contributed by atoms with Gasteiger partial charge in [0.2, 0.25) is 0 Å². The van der Waals surface area contributed by atoms with Gasteiger partial charge >= 0.3 is 0 Å². The number of fused-ring (bicyclic) bond motifs is 1. The van der Waals surface area contributed by atoms with Crippen molar-refractivity contribution in [2.45, 2.75) is 25.5 Å². The summed E-state index contributed by atoms with van der Waals surface area (Å²) in [6.07, 6.45) is 1.08. The third-order valence-electron chi connectivity index (χ3n) is 3.17. The molecule has 0 amide bonds. The monoisotopic (exact) mass is 283 g/mol. The molecule has 2 heterocycles. The molecule has 2 aromatic rings. The number of rotatable bonds is 2. The topological polar surface area (TPSA) is 50.9 Å². The van der Waals surface area contributed by atoms with Crippen LogP contribution in [-0.2, 0) is 13.0 Å². The molecule has 0 saturated carbocycles. The van der Waals surface area contributed by atoms with E-state index in [0.29, 0.717) is 21.3 Å². The van der Waals surface area contributed by atoms with E-state index in [-0.39, 0.29) is 0 Å². The van der Waals surface area contributed by atoms with Gasteiger partial charge in [0.1, 0.15) is 11.8 Å². The Morgan fingerprint density at radius 2 is 2.17 bits per heavy atom. The van der Waals surface area contributed by atoms with Crippen molar-refractivity contribution in [3.8, 4) is 0 Å². The fraction of sp³-hybridized carbons (Fsp3) is 0.333. The summed E-state index contributed by atoms with van der Waals surface area (Å²) in [6.45, 7) is 0.864. The molecule has 3 rings (SSSR count). The van der Waals surface area contributed by atoms with E-state index in [4.69, 9.17) is 23.2 Å². The van der Waals surface area contributed by atoms with Gasteiger partial charge in [-0.15, -0.1) is 5.10 Å². The molecule has 18 heavy (non-hydrogen) atoms. The number of aliphatic hydroxyl groups is 1. The minimum atomic E-state index is -0.850. The summed E-state index contributed by atoms with van der Waals surface area (Å²) in [5.41, 5.74) is 2.20. The van der Waals surface area contributed by atoms with Crippen molar-refractivity contribution < 1.29 is 5.11 Å². The second-order valence-corrected chi connectivity index (χ2v) is 5.16. The Morgan fingerprint density at radius 1 is 1.33 bits per heavy atom. The molecule has 4 nitrogen and oxygen atoms in total. The number of hydrogen-bond donors (Lipinski definition) is 1. The maximum Gasteiger partial charge on any atom is 0.126 e. The van der Waals surface area contributed by atoms with E-state index in [1.807, 2.05) is 4.68 Å². The number of hydrogen-bond acceptors (Lipinski definition) is 3. The molecule has 1 aliphatic heterocycles. The van der Waals surface area contributed by atoms with Crippen LogP contribution < -0.4 is 0 Å². The minimum absolute atomic E-state index is 0.440. The van der Waals surface area contributed by atoms with Crippen molar-refractivity contribution in [3.63, 3.8) is 0 Å². The van der Waals surface area contributed by atoms with Gasteiger partial charge in [0, 0.05) is 22.2 Å². The highest BCUT2D eigenvalue weighted by molar-refractivity contribution is 6.35. The van der Waals surface area contributed by atoms with E-state index in [2.05, 4.69) is 10.3 Å². The molecule has 1 N–H and O–H groups in total. The summed E-state index contributed by atoms with van der Waals surface area (Å²) in [4.78, 5) is 0. The van der Waals surface area contributed by atoms with Crippen LogP contribution in [0.2, 0.25) is 10.0 Å². The van der Waals surface area contributed by atoms with E-state index >= 15 is 0 Å². The van der Waals surface area contributed by atoms with Crippen molar-refractivity contribution >= 4 is 23.2 Å². The van der Waals surface area contributed by atoms with Crippen molar-refractivity contribution in [1.29, 1.82) is 0 Å². The number of aliphatic hydroxyl groups excluding tert-OH is 1. The first-order valence-electron chi connectivity index (χ1n) is 5.72. The molecule has 1 atom stereocenters. The molecule has 0 saturated heterocycles. The van der Waals surface area contributed by atoms with E-state index in [0.717, 1.165) is 25.1 Å². The van der Waals surface area contributed by atoms with Gasteiger partial charge in [0.05, 0.1) is 5.69 Å². The first kappa shape index (κ1) is 12.0. The maximum absolute atomic E-state index is 10.4. The Balaban J connectivity index is 2.01. The molecule has 0 spiro atoms. The lowest BCUT2D eigenvalue weighted by atomic mass is 10.0. The lowest BCUT2D eigenvalue weighted by molar-refractivity contribution is 0.214. The Bertz CT molecular complexity index is 597. The molecule has 1 aromatic heterocycles. The molecule has 1 aliphatic rings. The summed E-state index contributed by atoms with van der Waals surface area (Å²) in [5, 5.41) is 19.4. The van der Waals surface area contributed by atoms with Crippen molar-refractivity contribution in [2.24, 2.45) is 0 Å². The van der Waals surface area contributed by atoms with Crippen LogP contribution in [-0.4, -0.2) is 20.1 Å². The molecule has 0 aliphatic carbocycles. The van der Waals surface area contributed by atoms with Crippen LogP contribution in [0, 0.1) is 0 Å². The number of nitrogens with zero attached hydrogens (tertiary/aromatic N) is 3. The Labute approximate surface area is 114 Å². The second-order valence-electron chi connectivity index (χ2n) is 4.32. The number of aryl methyl sites for hydroxylation is 1. The normalized spacial score (nSPS) is 15.7. The number of aromatic nitrogens is 3. The molecule has 0 bridgehead atoms. The Morgan fingerprint density at radius 3 is 2.94 bits per heavy atom. The zero-order chi connectivity index (χ0) is 12.7. The van der Waals surface area contributed by atoms with Gasteiger partial charge in [0.25, 0.3) is 0 Å². The second kappa shape index (κ2) is 4.53. The molecule has 0 fully saturated rings. The van der Waals surface area contributed by atoms with Gasteiger partial charge in [0.15, 0.2) is 0 Å². The average Bonchev–Trinajstić information content (AvgIpc) is 2.89. The largest absolute Gasteiger partial charge is 0.382 e. The number of benzene rings is 1. The van der Waals surface area contributed by atoms with E-state index < -0.39 is 6.10 Å². The lowest BCUT2D eigenvalue weighted by Crippen LogP contribution is -2.04.